The summed E-state index contributed by atoms with van der Waals surface area (Å²) in [4.78, 5) is -0.652. The van der Waals surface area contributed by atoms with Crippen LogP contribution in [0.3, 0.4) is 0 Å². The van der Waals surface area contributed by atoms with Crippen LogP contribution in [0.4, 0.5) is 0 Å². The van der Waals surface area contributed by atoms with Crippen molar-refractivity contribution in [3.05, 3.63) is 35.9 Å². The SMILES string of the molecule is CC(Cl)(Cc1ccccc1)CS(=O)O. The molecule has 0 fully saturated rings. The summed E-state index contributed by atoms with van der Waals surface area (Å²) >= 11 is 4.27. The molecule has 0 aliphatic carbocycles. The molecule has 0 aliphatic rings. The molecule has 1 aromatic rings. The molecule has 1 N–H and O–H groups in total. The molecule has 0 saturated carbocycles. The number of hydrogen-bond donors (Lipinski definition) is 1. The number of halogens is 1. The average Bonchev–Trinajstić information content (AvgIpc) is 2.02. The minimum atomic E-state index is -1.84. The largest absolute Gasteiger partial charge is 0.306 e. The van der Waals surface area contributed by atoms with Crippen LogP contribution in [-0.4, -0.2) is 19.4 Å². The maximum Gasteiger partial charge on any atom is 0.154 e. The molecule has 78 valence electrons. The van der Waals surface area contributed by atoms with Crippen LogP contribution >= 0.6 is 11.6 Å². The molecule has 1 rings (SSSR count). The first-order chi connectivity index (χ1) is 6.49. The molecule has 0 amide bonds. The van der Waals surface area contributed by atoms with E-state index in [9.17, 15) is 4.21 Å². The molecule has 0 spiro atoms. The van der Waals surface area contributed by atoms with Gasteiger partial charge in [-0.3, -0.25) is 0 Å². The highest BCUT2D eigenvalue weighted by Crippen LogP contribution is 2.21. The van der Waals surface area contributed by atoms with Crippen molar-refractivity contribution < 1.29 is 8.76 Å². The van der Waals surface area contributed by atoms with E-state index in [0.717, 1.165) is 5.56 Å². The highest BCUT2D eigenvalue weighted by molar-refractivity contribution is 7.79. The van der Waals surface area contributed by atoms with E-state index >= 15 is 0 Å². The molecule has 0 heterocycles. The van der Waals surface area contributed by atoms with Gasteiger partial charge in [-0.2, -0.15) is 0 Å². The zero-order valence-electron chi connectivity index (χ0n) is 7.94. The summed E-state index contributed by atoms with van der Waals surface area (Å²) in [7, 11) is 0. The molecule has 2 unspecified atom stereocenters. The Bertz CT molecular complexity index is 311. The predicted molar refractivity (Wildman–Crippen MR) is 60.0 cm³/mol. The van der Waals surface area contributed by atoms with E-state index in [1.54, 1.807) is 6.92 Å². The van der Waals surface area contributed by atoms with E-state index in [1.165, 1.54) is 0 Å². The summed E-state index contributed by atoms with van der Waals surface area (Å²) in [6, 6.07) is 9.71. The fraction of sp³-hybridized carbons (Fsp3) is 0.400. The fourth-order valence-corrected chi connectivity index (χ4v) is 2.38. The summed E-state index contributed by atoms with van der Waals surface area (Å²) in [5.74, 6) is 0.0868. The maximum absolute atomic E-state index is 10.6. The lowest BCUT2D eigenvalue weighted by atomic mass is 10.0. The molecule has 2 nitrogen and oxygen atoms in total. The van der Waals surface area contributed by atoms with Gasteiger partial charge in [0.1, 0.15) is 0 Å². The zero-order chi connectivity index (χ0) is 10.6. The number of rotatable bonds is 4. The van der Waals surface area contributed by atoms with Crippen LogP contribution in [0.25, 0.3) is 0 Å². The summed E-state index contributed by atoms with van der Waals surface area (Å²) in [6.45, 7) is 1.77. The van der Waals surface area contributed by atoms with E-state index in [4.69, 9.17) is 16.2 Å². The minimum absolute atomic E-state index is 0.0868. The minimum Gasteiger partial charge on any atom is -0.306 e. The predicted octanol–water partition coefficient (Wildman–Crippen LogP) is 2.45. The lowest BCUT2D eigenvalue weighted by Gasteiger charge is -2.19. The molecule has 2 atom stereocenters. The molecule has 0 radical (unpaired) electrons. The molecule has 4 heteroatoms. The Kier molecular flexibility index (Phi) is 4.11. The van der Waals surface area contributed by atoms with Gasteiger partial charge in [-0.25, -0.2) is 4.21 Å². The van der Waals surface area contributed by atoms with Crippen LogP contribution in [0.1, 0.15) is 12.5 Å². The number of alkyl halides is 1. The standard InChI is InChI=1S/C10H13ClO2S/c1-10(11,8-14(12)13)7-9-5-3-2-4-6-9/h2-6H,7-8H2,1H3,(H,12,13). The van der Waals surface area contributed by atoms with Crippen LogP contribution in [0.2, 0.25) is 0 Å². The van der Waals surface area contributed by atoms with Crippen molar-refractivity contribution in [2.45, 2.75) is 18.2 Å². The first-order valence-corrected chi connectivity index (χ1v) is 5.95. The van der Waals surface area contributed by atoms with E-state index < -0.39 is 16.0 Å². The Labute approximate surface area is 91.6 Å². The molecule has 0 saturated heterocycles. The highest BCUT2D eigenvalue weighted by Gasteiger charge is 2.23. The van der Waals surface area contributed by atoms with Gasteiger partial charge in [0, 0.05) is 0 Å². The van der Waals surface area contributed by atoms with Crippen molar-refractivity contribution in [3.63, 3.8) is 0 Å². The van der Waals surface area contributed by atoms with Gasteiger partial charge in [0.2, 0.25) is 0 Å². The van der Waals surface area contributed by atoms with Gasteiger partial charge in [-0.1, -0.05) is 30.3 Å². The van der Waals surface area contributed by atoms with E-state index in [2.05, 4.69) is 0 Å². The second-order valence-electron chi connectivity index (χ2n) is 3.54. The van der Waals surface area contributed by atoms with Gasteiger partial charge in [0.15, 0.2) is 11.1 Å². The van der Waals surface area contributed by atoms with Crippen LogP contribution in [-0.2, 0) is 17.5 Å². The second-order valence-corrected chi connectivity index (χ2v) is 5.39. The first kappa shape index (κ1) is 11.7. The van der Waals surface area contributed by atoms with Gasteiger partial charge < -0.3 is 4.55 Å². The third kappa shape index (κ3) is 4.22. The normalized spacial score (nSPS) is 17.4. The van der Waals surface area contributed by atoms with Crippen molar-refractivity contribution >= 4 is 22.7 Å². The van der Waals surface area contributed by atoms with E-state index in [-0.39, 0.29) is 5.75 Å². The molecule has 14 heavy (non-hydrogen) atoms. The monoisotopic (exact) mass is 232 g/mol. The van der Waals surface area contributed by atoms with Crippen LogP contribution < -0.4 is 0 Å². The first-order valence-electron chi connectivity index (χ1n) is 4.30. The van der Waals surface area contributed by atoms with Crippen molar-refractivity contribution in [1.29, 1.82) is 0 Å². The lowest BCUT2D eigenvalue weighted by Crippen LogP contribution is -2.27. The van der Waals surface area contributed by atoms with Gasteiger partial charge in [0.05, 0.1) is 10.6 Å². The van der Waals surface area contributed by atoms with Crippen molar-refractivity contribution in [2.75, 3.05) is 5.75 Å². The van der Waals surface area contributed by atoms with Crippen molar-refractivity contribution in [3.8, 4) is 0 Å². The zero-order valence-corrected chi connectivity index (χ0v) is 9.52. The number of benzene rings is 1. The van der Waals surface area contributed by atoms with Crippen molar-refractivity contribution in [1.82, 2.24) is 0 Å². The van der Waals surface area contributed by atoms with Gasteiger partial charge >= 0.3 is 0 Å². The van der Waals surface area contributed by atoms with Crippen molar-refractivity contribution in [2.24, 2.45) is 0 Å². The summed E-state index contributed by atoms with van der Waals surface area (Å²) < 4.78 is 19.4. The lowest BCUT2D eigenvalue weighted by molar-refractivity contribution is 0.550. The molecule has 1 aromatic carbocycles. The quantitative estimate of drug-likeness (QED) is 0.640. The average molecular weight is 233 g/mol. The third-order valence-electron chi connectivity index (χ3n) is 1.84. The Morgan fingerprint density at radius 2 is 2.00 bits per heavy atom. The molecule has 0 aromatic heterocycles. The van der Waals surface area contributed by atoms with E-state index in [1.807, 2.05) is 30.3 Å². The smallest absolute Gasteiger partial charge is 0.154 e. The highest BCUT2D eigenvalue weighted by atomic mass is 35.5. The molecular formula is C10H13ClO2S. The fourth-order valence-electron chi connectivity index (χ4n) is 1.33. The molecular weight excluding hydrogens is 220 g/mol. The summed E-state index contributed by atoms with van der Waals surface area (Å²) in [5, 5.41) is 0. The van der Waals surface area contributed by atoms with Gasteiger partial charge in [-0.05, 0) is 18.9 Å². The summed E-state index contributed by atoms with van der Waals surface area (Å²) in [6.07, 6.45) is 0.599. The molecule has 0 aliphatic heterocycles. The Morgan fingerprint density at radius 3 is 2.50 bits per heavy atom. The van der Waals surface area contributed by atoms with Gasteiger partial charge in [-0.15, -0.1) is 11.6 Å². The summed E-state index contributed by atoms with van der Waals surface area (Å²) in [5.41, 5.74) is 1.08. The Morgan fingerprint density at radius 1 is 1.43 bits per heavy atom. The second kappa shape index (κ2) is 4.91. The maximum atomic E-state index is 10.6. The third-order valence-corrected chi connectivity index (χ3v) is 3.15. The van der Waals surface area contributed by atoms with Gasteiger partial charge in [0.25, 0.3) is 0 Å². The topological polar surface area (TPSA) is 37.3 Å². The number of hydrogen-bond acceptors (Lipinski definition) is 1. The Hall–Kier alpha value is -0.380. The Balaban J connectivity index is 2.63. The molecule has 0 bridgehead atoms. The van der Waals surface area contributed by atoms with Crippen LogP contribution in [0.5, 0.6) is 0 Å². The van der Waals surface area contributed by atoms with Crippen LogP contribution in [0.15, 0.2) is 30.3 Å². The van der Waals surface area contributed by atoms with E-state index in [0.29, 0.717) is 6.42 Å². The van der Waals surface area contributed by atoms with Crippen LogP contribution in [0, 0.1) is 0 Å².